The Labute approximate surface area is 182 Å². The molecule has 0 aliphatic rings. The van der Waals surface area contributed by atoms with Crippen LogP contribution in [0.2, 0.25) is 0 Å². The molecule has 1 heterocycles. The molecule has 0 saturated carbocycles. The fraction of sp³-hybridized carbons (Fsp3) is 0.300. The van der Waals surface area contributed by atoms with Gasteiger partial charge in [0, 0.05) is 32.2 Å². The third-order valence-electron chi connectivity index (χ3n) is 4.47. The van der Waals surface area contributed by atoms with Crippen molar-refractivity contribution in [2.24, 2.45) is 4.99 Å². The Bertz CT molecular complexity index is 1260. The molecule has 0 spiro atoms. The van der Waals surface area contributed by atoms with Crippen LogP contribution in [-0.2, 0) is 31.7 Å². The number of benzene rings is 2. The molecule has 0 bridgehead atoms. The number of nitro benzene ring substituents is 1. The smallest absolute Gasteiger partial charge is 0.270 e. The summed E-state index contributed by atoms with van der Waals surface area (Å²) in [6.45, 7) is 0.752. The summed E-state index contributed by atoms with van der Waals surface area (Å²) in [5.41, 5.74) is 1.30. The summed E-state index contributed by atoms with van der Waals surface area (Å²) in [5.74, 6) is -1.01. The highest BCUT2D eigenvalue weighted by molar-refractivity contribution is 7.90. The number of thiazole rings is 1. The third kappa shape index (κ3) is 6.06. The van der Waals surface area contributed by atoms with E-state index in [0.717, 1.165) is 11.3 Å². The second-order valence-electron chi connectivity index (χ2n) is 6.77. The van der Waals surface area contributed by atoms with Gasteiger partial charge in [-0.3, -0.25) is 14.9 Å². The SMILES string of the molecule is COCCn1c(=NC(=O)CCS(=O)(=O)Cc2ccccc2)sc2cc([N+](=O)[O-])ccc21. The first kappa shape index (κ1) is 22.8. The van der Waals surface area contributed by atoms with E-state index in [-0.39, 0.29) is 23.6 Å². The zero-order valence-electron chi connectivity index (χ0n) is 16.8. The maximum atomic E-state index is 12.4. The van der Waals surface area contributed by atoms with Crippen LogP contribution in [0.25, 0.3) is 10.2 Å². The molecule has 3 aromatic rings. The number of nitrogens with zero attached hydrogens (tertiary/aromatic N) is 3. The summed E-state index contributed by atoms with van der Waals surface area (Å²) in [5, 5.41) is 11.0. The topological polar surface area (TPSA) is 121 Å². The molecule has 0 atom stereocenters. The van der Waals surface area contributed by atoms with Crippen molar-refractivity contribution < 1.29 is 22.9 Å². The average Bonchev–Trinajstić information content (AvgIpc) is 3.07. The number of rotatable bonds is 9. The van der Waals surface area contributed by atoms with Crippen LogP contribution in [0, 0.1) is 10.1 Å². The molecule has 164 valence electrons. The van der Waals surface area contributed by atoms with Crippen LogP contribution in [-0.4, -0.2) is 43.3 Å². The summed E-state index contributed by atoms with van der Waals surface area (Å²) in [4.78, 5) is 27.4. The van der Waals surface area contributed by atoms with Gasteiger partial charge in [-0.05, 0) is 11.6 Å². The number of hydrogen-bond donors (Lipinski definition) is 0. The van der Waals surface area contributed by atoms with Crippen molar-refractivity contribution in [2.75, 3.05) is 19.5 Å². The second kappa shape index (κ2) is 9.94. The number of carbonyl (C=O) groups excluding carboxylic acids is 1. The minimum atomic E-state index is -3.47. The van der Waals surface area contributed by atoms with Gasteiger partial charge in [0.1, 0.15) is 0 Å². The monoisotopic (exact) mass is 463 g/mol. The summed E-state index contributed by atoms with van der Waals surface area (Å²) in [7, 11) is -1.92. The van der Waals surface area contributed by atoms with Gasteiger partial charge < -0.3 is 9.30 Å². The predicted molar refractivity (Wildman–Crippen MR) is 117 cm³/mol. The maximum absolute atomic E-state index is 12.4. The Balaban J connectivity index is 1.82. The number of methoxy groups -OCH3 is 1. The summed E-state index contributed by atoms with van der Waals surface area (Å²) >= 11 is 1.14. The summed E-state index contributed by atoms with van der Waals surface area (Å²) in [6.07, 6.45) is -0.242. The van der Waals surface area contributed by atoms with Crippen molar-refractivity contribution in [1.29, 1.82) is 0 Å². The van der Waals surface area contributed by atoms with E-state index >= 15 is 0 Å². The van der Waals surface area contributed by atoms with Gasteiger partial charge in [-0.15, -0.1) is 0 Å². The minimum Gasteiger partial charge on any atom is -0.383 e. The quantitative estimate of drug-likeness (QED) is 0.355. The second-order valence-corrected chi connectivity index (χ2v) is 9.96. The van der Waals surface area contributed by atoms with Gasteiger partial charge in [0.05, 0.1) is 33.3 Å². The van der Waals surface area contributed by atoms with Crippen molar-refractivity contribution in [3.63, 3.8) is 0 Å². The fourth-order valence-corrected chi connectivity index (χ4v) is 5.40. The Kier molecular flexibility index (Phi) is 7.31. The lowest BCUT2D eigenvalue weighted by Crippen LogP contribution is -2.20. The molecule has 0 aliphatic heterocycles. The molecule has 0 radical (unpaired) electrons. The largest absolute Gasteiger partial charge is 0.383 e. The highest BCUT2D eigenvalue weighted by Gasteiger charge is 2.16. The molecule has 0 fully saturated rings. The lowest BCUT2D eigenvalue weighted by atomic mass is 10.2. The molecule has 0 aliphatic carbocycles. The number of carbonyl (C=O) groups is 1. The molecule has 2 aromatic carbocycles. The van der Waals surface area contributed by atoms with Crippen LogP contribution in [0.5, 0.6) is 0 Å². The first-order valence-corrected chi connectivity index (χ1v) is 12.0. The molecule has 1 amide bonds. The number of nitro groups is 1. The summed E-state index contributed by atoms with van der Waals surface area (Å²) in [6, 6.07) is 13.2. The molecular formula is C20H21N3O6S2. The first-order chi connectivity index (χ1) is 14.8. The normalized spacial score (nSPS) is 12.4. The van der Waals surface area contributed by atoms with Crippen molar-refractivity contribution in [2.45, 2.75) is 18.7 Å². The lowest BCUT2D eigenvalue weighted by Gasteiger charge is -2.04. The molecule has 0 saturated heterocycles. The van der Waals surface area contributed by atoms with Crippen molar-refractivity contribution in [3.8, 4) is 0 Å². The molecule has 0 unspecified atom stereocenters. The summed E-state index contributed by atoms with van der Waals surface area (Å²) < 4.78 is 32.1. The highest BCUT2D eigenvalue weighted by atomic mass is 32.2. The van der Waals surface area contributed by atoms with Gasteiger partial charge >= 0.3 is 0 Å². The Morgan fingerprint density at radius 2 is 1.97 bits per heavy atom. The number of amides is 1. The van der Waals surface area contributed by atoms with Crippen LogP contribution in [0.1, 0.15) is 12.0 Å². The van der Waals surface area contributed by atoms with E-state index in [0.29, 0.717) is 33.7 Å². The van der Waals surface area contributed by atoms with Crippen LogP contribution < -0.4 is 4.80 Å². The van der Waals surface area contributed by atoms with Crippen molar-refractivity contribution in [1.82, 2.24) is 4.57 Å². The number of hydrogen-bond acceptors (Lipinski definition) is 7. The number of ether oxygens (including phenoxy) is 1. The number of fused-ring (bicyclic) bond motifs is 1. The van der Waals surface area contributed by atoms with Crippen molar-refractivity contribution >= 4 is 43.0 Å². The first-order valence-electron chi connectivity index (χ1n) is 9.38. The van der Waals surface area contributed by atoms with Crippen LogP contribution in [0.4, 0.5) is 5.69 Å². The van der Waals surface area contributed by atoms with E-state index in [9.17, 15) is 23.3 Å². The van der Waals surface area contributed by atoms with Gasteiger partial charge in [0.15, 0.2) is 14.6 Å². The molecule has 11 heteroatoms. The Morgan fingerprint density at radius 3 is 2.65 bits per heavy atom. The highest BCUT2D eigenvalue weighted by Crippen LogP contribution is 2.23. The standard InChI is InChI=1S/C20H21N3O6S2/c1-29-11-10-22-17-8-7-16(23(25)26)13-18(17)30-20(22)21-19(24)9-12-31(27,28)14-15-5-3-2-4-6-15/h2-8,13H,9-12,14H2,1H3. The Hall–Kier alpha value is -2.89. The predicted octanol–water partition coefficient (Wildman–Crippen LogP) is 2.69. The van der Waals surface area contributed by atoms with E-state index < -0.39 is 20.7 Å². The van der Waals surface area contributed by atoms with Crippen molar-refractivity contribution in [3.05, 3.63) is 69.0 Å². The average molecular weight is 464 g/mol. The number of non-ortho nitro benzene ring substituents is 1. The van der Waals surface area contributed by atoms with E-state index in [1.807, 2.05) is 0 Å². The van der Waals surface area contributed by atoms with Crippen LogP contribution in [0.3, 0.4) is 0 Å². The van der Waals surface area contributed by atoms with Gasteiger partial charge in [-0.25, -0.2) is 8.42 Å². The van der Waals surface area contributed by atoms with E-state index in [1.54, 1.807) is 48.1 Å². The molecule has 9 nitrogen and oxygen atoms in total. The van der Waals surface area contributed by atoms with Crippen LogP contribution in [0.15, 0.2) is 53.5 Å². The van der Waals surface area contributed by atoms with E-state index in [2.05, 4.69) is 4.99 Å². The Morgan fingerprint density at radius 1 is 1.23 bits per heavy atom. The molecule has 0 N–H and O–H groups in total. The molecular weight excluding hydrogens is 442 g/mol. The zero-order valence-corrected chi connectivity index (χ0v) is 18.4. The fourth-order valence-electron chi connectivity index (χ4n) is 2.97. The van der Waals surface area contributed by atoms with E-state index in [4.69, 9.17) is 4.74 Å². The zero-order chi connectivity index (χ0) is 22.4. The van der Waals surface area contributed by atoms with Gasteiger partial charge in [-0.2, -0.15) is 4.99 Å². The van der Waals surface area contributed by atoms with Gasteiger partial charge in [0.2, 0.25) is 5.91 Å². The lowest BCUT2D eigenvalue weighted by molar-refractivity contribution is -0.384. The molecule has 3 rings (SSSR count). The minimum absolute atomic E-state index is 0.0578. The number of aromatic nitrogens is 1. The van der Waals surface area contributed by atoms with Crippen LogP contribution >= 0.6 is 11.3 Å². The molecule has 1 aromatic heterocycles. The molecule has 31 heavy (non-hydrogen) atoms. The maximum Gasteiger partial charge on any atom is 0.270 e. The third-order valence-corrected chi connectivity index (χ3v) is 7.11. The van der Waals surface area contributed by atoms with E-state index in [1.165, 1.54) is 12.1 Å². The number of sulfone groups is 1. The van der Waals surface area contributed by atoms with Gasteiger partial charge in [0.25, 0.3) is 5.69 Å². The van der Waals surface area contributed by atoms with Gasteiger partial charge in [-0.1, -0.05) is 41.7 Å².